The van der Waals surface area contributed by atoms with Gasteiger partial charge in [0.05, 0.1) is 0 Å². The van der Waals surface area contributed by atoms with Crippen LogP contribution in [-0.4, -0.2) is 25.5 Å². The van der Waals surface area contributed by atoms with Gasteiger partial charge >= 0.3 is 5.92 Å². The number of amides is 1. The number of benzene rings is 1. The molecule has 0 aliphatic carbocycles. The molecule has 6 heteroatoms. The van der Waals surface area contributed by atoms with E-state index in [0.29, 0.717) is 12.5 Å². The van der Waals surface area contributed by atoms with Crippen LogP contribution < -0.4 is 10.6 Å². The van der Waals surface area contributed by atoms with E-state index in [2.05, 4.69) is 10.6 Å². The standard InChI is InChI=1S/C14H18F2N2O.ClH/c15-14(16,12-4-2-1-3-5-12)13(19)18-9-7-11-6-8-17-10-11;/h1-5,11,17H,6-10H2,(H,18,19);1H. The summed E-state index contributed by atoms with van der Waals surface area (Å²) in [6.45, 7) is 2.18. The molecule has 0 bridgehead atoms. The molecule has 112 valence electrons. The van der Waals surface area contributed by atoms with E-state index < -0.39 is 11.8 Å². The minimum Gasteiger partial charge on any atom is -0.351 e. The number of alkyl halides is 2. The van der Waals surface area contributed by atoms with Gasteiger partial charge in [-0.2, -0.15) is 8.78 Å². The highest BCUT2D eigenvalue weighted by molar-refractivity contribution is 5.85. The summed E-state index contributed by atoms with van der Waals surface area (Å²) < 4.78 is 27.7. The summed E-state index contributed by atoms with van der Waals surface area (Å²) >= 11 is 0. The summed E-state index contributed by atoms with van der Waals surface area (Å²) in [5, 5.41) is 5.54. The highest BCUT2D eigenvalue weighted by Crippen LogP contribution is 2.27. The molecule has 1 aliphatic rings. The number of rotatable bonds is 5. The maximum absolute atomic E-state index is 13.8. The molecule has 1 saturated heterocycles. The van der Waals surface area contributed by atoms with Gasteiger partial charge in [-0.05, 0) is 31.8 Å². The first kappa shape index (κ1) is 16.9. The van der Waals surface area contributed by atoms with Crippen molar-refractivity contribution in [2.24, 2.45) is 5.92 Å². The van der Waals surface area contributed by atoms with Crippen molar-refractivity contribution in [3.8, 4) is 0 Å². The average Bonchev–Trinajstić information content (AvgIpc) is 2.93. The lowest BCUT2D eigenvalue weighted by Gasteiger charge is -2.17. The van der Waals surface area contributed by atoms with Gasteiger partial charge in [-0.25, -0.2) is 0 Å². The lowest BCUT2D eigenvalue weighted by Crippen LogP contribution is -2.39. The first-order chi connectivity index (χ1) is 9.10. The Balaban J connectivity index is 0.00000200. The molecule has 2 rings (SSSR count). The van der Waals surface area contributed by atoms with Gasteiger partial charge in [-0.3, -0.25) is 4.79 Å². The number of nitrogens with one attached hydrogen (secondary N) is 2. The molecule has 1 aliphatic heterocycles. The van der Waals surface area contributed by atoms with Crippen LogP contribution in [0.2, 0.25) is 0 Å². The molecule has 0 radical (unpaired) electrons. The second kappa shape index (κ2) is 7.55. The summed E-state index contributed by atoms with van der Waals surface area (Å²) in [5.41, 5.74) is -0.268. The first-order valence-electron chi connectivity index (χ1n) is 6.53. The number of hydrogen-bond acceptors (Lipinski definition) is 2. The second-order valence-electron chi connectivity index (χ2n) is 4.84. The Labute approximate surface area is 123 Å². The summed E-state index contributed by atoms with van der Waals surface area (Å²) in [6.07, 6.45) is 1.79. The molecule has 1 aromatic carbocycles. The van der Waals surface area contributed by atoms with Crippen LogP contribution in [-0.2, 0) is 10.7 Å². The normalized spacial score (nSPS) is 18.4. The molecule has 0 spiro atoms. The maximum atomic E-state index is 13.8. The summed E-state index contributed by atoms with van der Waals surface area (Å²) in [7, 11) is 0. The summed E-state index contributed by atoms with van der Waals surface area (Å²) in [6, 6.07) is 7.17. The number of carbonyl (C=O) groups excluding carboxylic acids is 1. The SMILES string of the molecule is Cl.O=C(NCCC1CCNC1)C(F)(F)c1ccccc1. The van der Waals surface area contributed by atoms with Crippen molar-refractivity contribution in [1.29, 1.82) is 0 Å². The monoisotopic (exact) mass is 304 g/mol. The Morgan fingerprint density at radius 2 is 2.05 bits per heavy atom. The Morgan fingerprint density at radius 3 is 2.65 bits per heavy atom. The van der Waals surface area contributed by atoms with Gasteiger partial charge in [0, 0.05) is 12.1 Å². The lowest BCUT2D eigenvalue weighted by molar-refractivity contribution is -0.147. The topological polar surface area (TPSA) is 41.1 Å². The Hall–Kier alpha value is -1.20. The zero-order valence-electron chi connectivity index (χ0n) is 11.1. The third kappa shape index (κ3) is 4.15. The van der Waals surface area contributed by atoms with E-state index in [-0.39, 0.29) is 18.0 Å². The van der Waals surface area contributed by atoms with Crippen molar-refractivity contribution < 1.29 is 13.6 Å². The van der Waals surface area contributed by atoms with Gasteiger partial charge in [-0.1, -0.05) is 30.3 Å². The maximum Gasteiger partial charge on any atom is 0.349 e. The van der Waals surface area contributed by atoms with Gasteiger partial charge in [0.15, 0.2) is 0 Å². The van der Waals surface area contributed by atoms with E-state index in [4.69, 9.17) is 0 Å². The zero-order chi connectivity index (χ0) is 13.7. The van der Waals surface area contributed by atoms with Crippen LogP contribution in [0.1, 0.15) is 18.4 Å². The molecule has 1 aromatic rings. The molecule has 1 heterocycles. The molecule has 0 aromatic heterocycles. The molecule has 0 saturated carbocycles. The Bertz CT molecular complexity index is 422. The fourth-order valence-corrected chi connectivity index (χ4v) is 2.24. The highest BCUT2D eigenvalue weighted by atomic mass is 35.5. The number of carbonyl (C=O) groups is 1. The second-order valence-corrected chi connectivity index (χ2v) is 4.84. The average molecular weight is 305 g/mol. The van der Waals surface area contributed by atoms with E-state index in [1.54, 1.807) is 6.07 Å². The fraction of sp³-hybridized carbons (Fsp3) is 0.500. The van der Waals surface area contributed by atoms with Crippen LogP contribution in [0.3, 0.4) is 0 Å². The predicted molar refractivity (Wildman–Crippen MR) is 76.2 cm³/mol. The minimum atomic E-state index is -3.46. The molecule has 20 heavy (non-hydrogen) atoms. The molecule has 1 amide bonds. The lowest BCUT2D eigenvalue weighted by atomic mass is 10.0. The van der Waals surface area contributed by atoms with Crippen molar-refractivity contribution >= 4 is 18.3 Å². The van der Waals surface area contributed by atoms with Gasteiger partial charge < -0.3 is 10.6 Å². The molecular weight excluding hydrogens is 286 g/mol. The van der Waals surface area contributed by atoms with Crippen molar-refractivity contribution in [2.75, 3.05) is 19.6 Å². The van der Waals surface area contributed by atoms with Crippen LogP contribution in [0.15, 0.2) is 30.3 Å². The third-order valence-corrected chi connectivity index (χ3v) is 3.42. The number of halogens is 3. The molecule has 1 atom stereocenters. The number of hydrogen-bond donors (Lipinski definition) is 2. The molecule has 2 N–H and O–H groups in total. The minimum absolute atomic E-state index is 0. The van der Waals surface area contributed by atoms with Crippen molar-refractivity contribution in [2.45, 2.75) is 18.8 Å². The van der Waals surface area contributed by atoms with Crippen LogP contribution in [0, 0.1) is 5.92 Å². The van der Waals surface area contributed by atoms with E-state index in [1.807, 2.05) is 0 Å². The third-order valence-electron chi connectivity index (χ3n) is 3.42. The van der Waals surface area contributed by atoms with Gasteiger partial charge in [-0.15, -0.1) is 12.4 Å². The van der Waals surface area contributed by atoms with Crippen LogP contribution in [0.4, 0.5) is 8.78 Å². The van der Waals surface area contributed by atoms with Crippen LogP contribution in [0.25, 0.3) is 0 Å². The smallest absolute Gasteiger partial charge is 0.349 e. The van der Waals surface area contributed by atoms with Crippen LogP contribution >= 0.6 is 12.4 Å². The van der Waals surface area contributed by atoms with Gasteiger partial charge in [0.2, 0.25) is 0 Å². The van der Waals surface area contributed by atoms with Crippen molar-refractivity contribution in [3.63, 3.8) is 0 Å². The van der Waals surface area contributed by atoms with E-state index >= 15 is 0 Å². The quantitative estimate of drug-likeness (QED) is 0.876. The zero-order valence-corrected chi connectivity index (χ0v) is 11.9. The fourth-order valence-electron chi connectivity index (χ4n) is 2.24. The van der Waals surface area contributed by atoms with Gasteiger partial charge in [0.25, 0.3) is 5.91 Å². The first-order valence-corrected chi connectivity index (χ1v) is 6.53. The molecular formula is C14H19ClF2N2O. The summed E-state index contributed by atoms with van der Waals surface area (Å²) in [4.78, 5) is 11.6. The highest BCUT2D eigenvalue weighted by Gasteiger charge is 2.40. The predicted octanol–water partition coefficient (Wildman–Crippen LogP) is 2.32. The Kier molecular flexibility index (Phi) is 6.36. The summed E-state index contributed by atoms with van der Waals surface area (Å²) in [5.74, 6) is -4.20. The molecule has 1 unspecified atom stereocenters. The van der Waals surface area contributed by atoms with Crippen molar-refractivity contribution in [3.05, 3.63) is 35.9 Å². The van der Waals surface area contributed by atoms with Gasteiger partial charge in [0.1, 0.15) is 0 Å². The molecule has 1 fully saturated rings. The Morgan fingerprint density at radius 1 is 1.35 bits per heavy atom. The largest absolute Gasteiger partial charge is 0.351 e. The van der Waals surface area contributed by atoms with Crippen LogP contribution in [0.5, 0.6) is 0 Å². The van der Waals surface area contributed by atoms with E-state index in [1.165, 1.54) is 24.3 Å². The van der Waals surface area contributed by atoms with Crippen molar-refractivity contribution in [1.82, 2.24) is 10.6 Å². The van der Waals surface area contributed by atoms with E-state index in [9.17, 15) is 13.6 Å². The van der Waals surface area contributed by atoms with E-state index in [0.717, 1.165) is 25.9 Å². The molecule has 3 nitrogen and oxygen atoms in total.